The largest absolute Gasteiger partial charge is 0.491 e. The number of aromatic nitrogens is 4. The van der Waals surface area contributed by atoms with Crippen LogP contribution in [0.15, 0.2) is 46.0 Å². The summed E-state index contributed by atoms with van der Waals surface area (Å²) >= 11 is 9.49. The van der Waals surface area contributed by atoms with Crippen molar-refractivity contribution in [1.29, 1.82) is 0 Å². The lowest BCUT2D eigenvalue weighted by Gasteiger charge is -2.42. The first-order valence-corrected chi connectivity index (χ1v) is 17.7. The number of carboxylic acid groups (broad SMARTS) is 1. The normalized spacial score (nSPS) is 18.5. The number of hydrogen-bond donors (Lipinski definition) is 1. The molecule has 7 rings (SSSR count). The molecule has 0 spiro atoms. The molecule has 0 amide bonds. The molecule has 2 atom stereocenters. The Morgan fingerprint density at radius 1 is 1.13 bits per heavy atom. The third-order valence-electron chi connectivity index (χ3n) is 9.13. The second-order valence-electron chi connectivity index (χ2n) is 12.0. The van der Waals surface area contributed by atoms with Crippen molar-refractivity contribution in [3.05, 3.63) is 89.9 Å². The number of nitrogens with zero attached hydrogens (tertiary/aromatic N) is 5. The van der Waals surface area contributed by atoms with Gasteiger partial charge in [-0.05, 0) is 76.8 Å². The maximum Gasteiger partial charge on any atom is 0.338 e. The Morgan fingerprint density at radius 3 is 2.80 bits per heavy atom. The summed E-state index contributed by atoms with van der Waals surface area (Å²) < 4.78 is 8.81. The summed E-state index contributed by atoms with van der Waals surface area (Å²) in [7, 11) is 0. The first-order valence-electron chi connectivity index (χ1n) is 15.6. The zero-order valence-electron chi connectivity index (χ0n) is 25.7. The fraction of sp³-hybridized carbons (Fsp3) is 0.382. The number of benzene rings is 1. The fourth-order valence-electron chi connectivity index (χ4n) is 6.99. The number of aryl methyl sites for hydroxylation is 3. The monoisotopic (exact) mass is 675 g/mol. The highest BCUT2D eigenvalue weighted by atomic mass is 35.5. The molecule has 0 radical (unpaired) electrons. The van der Waals surface area contributed by atoms with E-state index in [0.29, 0.717) is 52.9 Å². The number of carbonyl (C=O) groups is 1. The summed E-state index contributed by atoms with van der Waals surface area (Å²) in [6.07, 6.45) is 7.86. The number of thiazole rings is 1. The van der Waals surface area contributed by atoms with Crippen molar-refractivity contribution in [2.45, 2.75) is 71.0 Å². The van der Waals surface area contributed by atoms with Crippen molar-refractivity contribution in [2.75, 3.05) is 13.2 Å². The maximum absolute atomic E-state index is 14.0. The van der Waals surface area contributed by atoms with Crippen LogP contribution < -0.4 is 10.3 Å². The number of halogens is 1. The van der Waals surface area contributed by atoms with Crippen molar-refractivity contribution in [3.8, 4) is 16.9 Å². The highest BCUT2D eigenvalue weighted by Crippen LogP contribution is 2.41. The molecule has 1 aromatic carbocycles. The van der Waals surface area contributed by atoms with Crippen LogP contribution in [0.1, 0.15) is 69.9 Å². The van der Waals surface area contributed by atoms with Gasteiger partial charge >= 0.3 is 5.97 Å². The van der Waals surface area contributed by atoms with Crippen LogP contribution in [0.4, 0.5) is 0 Å². The summed E-state index contributed by atoms with van der Waals surface area (Å²) in [5.41, 5.74) is 4.62. The van der Waals surface area contributed by atoms with Crippen molar-refractivity contribution < 1.29 is 14.6 Å². The molecular weight excluding hydrogens is 642 g/mol. The van der Waals surface area contributed by atoms with Crippen molar-refractivity contribution in [3.63, 3.8) is 0 Å². The SMILES string of the molecule is Cc1cc(-c2cc(Cl)ccc2OCCn2c(C)nc3c(c2=O)C[C@H](N2CCCC[C@@H]2c2nccs2)CC3)c2scc(C(=O)O)c2n1. The van der Waals surface area contributed by atoms with Gasteiger partial charge < -0.3 is 9.84 Å². The lowest BCUT2D eigenvalue weighted by molar-refractivity contribution is 0.0699. The van der Waals surface area contributed by atoms with Gasteiger partial charge in [0.15, 0.2) is 0 Å². The molecule has 1 N–H and O–H groups in total. The number of rotatable bonds is 8. The van der Waals surface area contributed by atoms with E-state index < -0.39 is 5.97 Å². The molecule has 1 fully saturated rings. The molecule has 5 aromatic rings. The summed E-state index contributed by atoms with van der Waals surface area (Å²) in [5.74, 6) is 0.266. The standard InChI is InChI=1S/C34H34ClN5O4S2/c1-19-15-24(31-30(37-19)26(18-46-31)34(42)43)23-16-21(35)6-9-29(23)44-13-12-39-20(2)38-27-8-7-22(17-25(27)33(39)41)40-11-4-3-5-28(40)32-36-10-14-45-32/h6,9-10,14-16,18,22,28H,3-5,7-8,11-13,17H2,1-2H3,(H,42,43)/t22-,28-/m1/s1. The predicted molar refractivity (Wildman–Crippen MR) is 182 cm³/mol. The van der Waals surface area contributed by atoms with Crippen molar-refractivity contribution in [2.24, 2.45) is 0 Å². The molecule has 238 valence electrons. The van der Waals surface area contributed by atoms with E-state index in [2.05, 4.69) is 20.2 Å². The Morgan fingerprint density at radius 2 is 2.00 bits per heavy atom. The highest BCUT2D eigenvalue weighted by Gasteiger charge is 2.35. The summed E-state index contributed by atoms with van der Waals surface area (Å²) in [5, 5.41) is 15.1. The van der Waals surface area contributed by atoms with Gasteiger partial charge in [-0.15, -0.1) is 22.7 Å². The van der Waals surface area contributed by atoms with Gasteiger partial charge in [0.2, 0.25) is 0 Å². The summed E-state index contributed by atoms with van der Waals surface area (Å²) in [4.78, 5) is 42.4. The van der Waals surface area contributed by atoms with Gasteiger partial charge in [-0.25, -0.2) is 14.8 Å². The third kappa shape index (κ3) is 5.85. The van der Waals surface area contributed by atoms with Crippen LogP contribution in [-0.2, 0) is 19.4 Å². The molecule has 46 heavy (non-hydrogen) atoms. The minimum Gasteiger partial charge on any atom is -0.491 e. The number of likely N-dealkylation sites (tertiary alicyclic amines) is 1. The molecule has 0 bridgehead atoms. The Bertz CT molecular complexity index is 1990. The maximum atomic E-state index is 14.0. The van der Waals surface area contributed by atoms with Crippen LogP contribution in [0.25, 0.3) is 21.3 Å². The lowest BCUT2D eigenvalue weighted by Crippen LogP contribution is -2.46. The number of thiophene rings is 1. The van der Waals surface area contributed by atoms with E-state index in [9.17, 15) is 14.7 Å². The van der Waals surface area contributed by atoms with E-state index in [1.807, 2.05) is 38.2 Å². The highest BCUT2D eigenvalue weighted by molar-refractivity contribution is 7.18. The average molecular weight is 676 g/mol. The van der Waals surface area contributed by atoms with Gasteiger partial charge in [-0.3, -0.25) is 19.2 Å². The Balaban J connectivity index is 1.13. The number of carboxylic acids is 1. The van der Waals surface area contributed by atoms with E-state index >= 15 is 0 Å². The van der Waals surface area contributed by atoms with E-state index in [0.717, 1.165) is 52.9 Å². The summed E-state index contributed by atoms with van der Waals surface area (Å²) in [6, 6.07) is 7.93. The fourth-order valence-corrected chi connectivity index (χ4v) is 8.96. The molecule has 9 nitrogen and oxygen atoms in total. The van der Waals surface area contributed by atoms with Crippen LogP contribution in [0, 0.1) is 13.8 Å². The number of fused-ring (bicyclic) bond motifs is 2. The van der Waals surface area contributed by atoms with Gasteiger partial charge in [0.25, 0.3) is 5.56 Å². The molecule has 0 saturated carbocycles. The molecule has 5 heterocycles. The van der Waals surface area contributed by atoms with Gasteiger partial charge in [-0.1, -0.05) is 18.0 Å². The Kier molecular flexibility index (Phi) is 8.67. The second kappa shape index (κ2) is 12.9. The minimum absolute atomic E-state index is 0.0150. The van der Waals surface area contributed by atoms with Gasteiger partial charge in [-0.2, -0.15) is 0 Å². The number of hydrogen-bond acceptors (Lipinski definition) is 9. The number of pyridine rings is 1. The Labute approximate surface area is 279 Å². The Hall–Kier alpha value is -3.64. The van der Waals surface area contributed by atoms with Gasteiger partial charge in [0.05, 0.1) is 34.1 Å². The minimum atomic E-state index is -1.01. The van der Waals surface area contributed by atoms with Crippen molar-refractivity contribution >= 4 is 50.5 Å². The number of piperidine rings is 1. The average Bonchev–Trinajstić information content (AvgIpc) is 3.74. The lowest BCUT2D eigenvalue weighted by atomic mass is 9.88. The van der Waals surface area contributed by atoms with E-state index in [1.165, 1.54) is 29.2 Å². The van der Waals surface area contributed by atoms with Crippen LogP contribution in [0.5, 0.6) is 5.75 Å². The molecule has 1 aliphatic heterocycles. The molecule has 1 aliphatic carbocycles. The van der Waals surface area contributed by atoms with E-state index in [1.54, 1.807) is 27.4 Å². The van der Waals surface area contributed by atoms with Gasteiger partial charge in [0, 0.05) is 50.4 Å². The van der Waals surface area contributed by atoms with Crippen molar-refractivity contribution in [1.82, 2.24) is 24.4 Å². The van der Waals surface area contributed by atoms with Crippen LogP contribution >= 0.6 is 34.3 Å². The van der Waals surface area contributed by atoms with Crippen LogP contribution in [0.3, 0.4) is 0 Å². The molecular formula is C34H34ClN5O4S2. The zero-order valence-corrected chi connectivity index (χ0v) is 28.1. The van der Waals surface area contributed by atoms with E-state index in [4.69, 9.17) is 21.3 Å². The number of aromatic carboxylic acids is 1. The first-order chi connectivity index (χ1) is 22.3. The first kappa shape index (κ1) is 31.0. The second-order valence-corrected chi connectivity index (χ2v) is 14.2. The van der Waals surface area contributed by atoms with Crippen LogP contribution in [0.2, 0.25) is 5.02 Å². The molecule has 1 saturated heterocycles. The number of ether oxygens (including phenoxy) is 1. The third-order valence-corrected chi connectivity index (χ3v) is 11.2. The molecule has 2 aliphatic rings. The smallest absolute Gasteiger partial charge is 0.338 e. The van der Waals surface area contributed by atoms with Gasteiger partial charge in [0.1, 0.15) is 23.2 Å². The van der Waals surface area contributed by atoms with E-state index in [-0.39, 0.29) is 17.7 Å². The zero-order chi connectivity index (χ0) is 31.9. The topological polar surface area (TPSA) is 110 Å². The molecule has 4 aromatic heterocycles. The summed E-state index contributed by atoms with van der Waals surface area (Å²) in [6.45, 7) is 5.34. The predicted octanol–water partition coefficient (Wildman–Crippen LogP) is 7.11. The van der Waals surface area contributed by atoms with Crippen LogP contribution in [-0.4, -0.2) is 54.7 Å². The molecule has 0 unspecified atom stereocenters. The molecule has 12 heteroatoms. The quantitative estimate of drug-likeness (QED) is 0.185.